The van der Waals surface area contributed by atoms with Crippen molar-refractivity contribution in [2.24, 2.45) is 0 Å². The van der Waals surface area contributed by atoms with Crippen LogP contribution in [0.5, 0.6) is 0 Å². The average molecular weight is 1020 g/mol. The minimum Gasteiger partial charge on any atom is -0.335 e. The van der Waals surface area contributed by atoms with Gasteiger partial charge in [0, 0.05) is 71.1 Å². The van der Waals surface area contributed by atoms with E-state index in [0.717, 1.165) is 0 Å². The van der Waals surface area contributed by atoms with Gasteiger partial charge >= 0.3 is 0 Å². The van der Waals surface area contributed by atoms with Crippen LogP contribution in [0.2, 0.25) is 0 Å². The summed E-state index contributed by atoms with van der Waals surface area (Å²) in [6, 6.07) is 49.5. The fourth-order valence-corrected chi connectivity index (χ4v) is 17.1. The molecule has 2 unspecified atom stereocenters. The van der Waals surface area contributed by atoms with Crippen LogP contribution in [0.3, 0.4) is 0 Å². The van der Waals surface area contributed by atoms with Crippen molar-refractivity contribution in [2.75, 3.05) is 14.7 Å². The smallest absolute Gasteiger partial charge is 0.252 e. The summed E-state index contributed by atoms with van der Waals surface area (Å²) in [6.45, 7) is 34.7. The molecule has 386 valence electrons. The van der Waals surface area contributed by atoms with E-state index in [0.29, 0.717) is 0 Å². The van der Waals surface area contributed by atoms with Crippen molar-refractivity contribution in [1.29, 1.82) is 0 Å². The van der Waals surface area contributed by atoms with E-state index in [-0.39, 0.29) is 44.7 Å². The molecule has 76 heavy (non-hydrogen) atoms. The molecule has 3 aliphatic carbocycles. The van der Waals surface area contributed by atoms with Crippen molar-refractivity contribution in [3.05, 3.63) is 160 Å². The van der Waals surface area contributed by atoms with E-state index in [1.165, 1.54) is 167 Å². The van der Waals surface area contributed by atoms with Gasteiger partial charge in [0.1, 0.15) is 0 Å². The molecule has 0 bridgehead atoms. The molecule has 0 radical (unpaired) electrons. The molecule has 5 heteroatoms. The quantitative estimate of drug-likeness (QED) is 0.163. The molecule has 3 nitrogen and oxygen atoms in total. The van der Waals surface area contributed by atoms with Gasteiger partial charge in [0.2, 0.25) is 0 Å². The van der Waals surface area contributed by atoms with Crippen LogP contribution >= 0.6 is 11.3 Å². The lowest BCUT2D eigenvalue weighted by atomic mass is 9.33. The van der Waals surface area contributed by atoms with Gasteiger partial charge < -0.3 is 14.7 Å². The third kappa shape index (κ3) is 6.66. The number of hydrogen-bond acceptors (Lipinski definition) is 4. The number of anilines is 8. The van der Waals surface area contributed by atoms with Gasteiger partial charge in [-0.2, -0.15) is 0 Å². The van der Waals surface area contributed by atoms with Crippen LogP contribution in [-0.2, 0) is 32.5 Å². The van der Waals surface area contributed by atoms with E-state index >= 15 is 0 Å². The van der Waals surface area contributed by atoms with Gasteiger partial charge in [0.25, 0.3) is 6.71 Å². The molecule has 1 aromatic heterocycles. The van der Waals surface area contributed by atoms with Gasteiger partial charge in [-0.15, -0.1) is 11.3 Å². The molecule has 2 atom stereocenters. The highest BCUT2D eigenvalue weighted by atomic mass is 32.1. The van der Waals surface area contributed by atoms with Crippen LogP contribution in [-0.4, -0.2) is 12.3 Å². The minimum atomic E-state index is -0.0490. The molecular weight excluding hydrogens is 938 g/mol. The third-order valence-electron chi connectivity index (χ3n) is 21.1. The maximum Gasteiger partial charge on any atom is 0.252 e. The minimum absolute atomic E-state index is 0.0132. The summed E-state index contributed by atoms with van der Waals surface area (Å²) in [4.78, 5) is 8.23. The molecule has 7 aromatic carbocycles. The van der Waals surface area contributed by atoms with E-state index in [4.69, 9.17) is 0 Å². The Hall–Kier alpha value is -5.78. The standard InChI is InChI=1S/C71H78BN3S/c1-43-35-59-63-60(36-43)75-64-55(70(13)29-17-18-30-71(70,75)14)37-44(65(2,3)4)38-57(64)72(63)56-27-23-48(42-58(56)74(59)45-24-28-62-50(39-45)49-19-15-16-20-61(49)76-62)73(46-21-25-51-53(40-46)68(9,10)33-31-66(51,5)6)47-22-26-52-54(41-47)69(11,12)34-32-67(52,7)8/h15-16,19-28,35-42H,17-18,29-34H2,1-14H3. The number of aryl methyl sites for hydroxylation is 1. The Morgan fingerprint density at radius 3 is 1.74 bits per heavy atom. The Balaban J connectivity index is 1.07. The van der Waals surface area contributed by atoms with E-state index in [1.807, 2.05) is 11.3 Å². The first-order valence-corrected chi connectivity index (χ1v) is 29.8. The Morgan fingerprint density at radius 2 is 1.08 bits per heavy atom. The molecule has 4 heterocycles. The number of fused-ring (bicyclic) bond motifs is 12. The Bertz CT molecular complexity index is 3720. The van der Waals surface area contributed by atoms with Crippen LogP contribution in [0.15, 0.2) is 121 Å². The molecule has 0 spiro atoms. The zero-order valence-electron chi connectivity index (χ0n) is 48.0. The van der Waals surface area contributed by atoms with E-state index in [2.05, 4.69) is 233 Å². The third-order valence-corrected chi connectivity index (χ3v) is 22.2. The fourth-order valence-electron chi connectivity index (χ4n) is 16.0. The van der Waals surface area contributed by atoms with Crippen molar-refractivity contribution in [3.8, 4) is 0 Å². The van der Waals surface area contributed by atoms with Crippen molar-refractivity contribution < 1.29 is 0 Å². The predicted molar refractivity (Wildman–Crippen MR) is 330 cm³/mol. The first-order valence-electron chi connectivity index (χ1n) is 29.0. The summed E-state index contributed by atoms with van der Waals surface area (Å²) in [5.74, 6) is 0. The maximum atomic E-state index is 2.90. The van der Waals surface area contributed by atoms with Crippen molar-refractivity contribution >= 4 is 100 Å². The first-order chi connectivity index (χ1) is 35.9. The molecule has 3 aliphatic heterocycles. The fraction of sp³-hybridized carbons (Fsp3) is 0.408. The highest BCUT2D eigenvalue weighted by Gasteiger charge is 2.61. The second-order valence-electron chi connectivity index (χ2n) is 28.7. The zero-order valence-corrected chi connectivity index (χ0v) is 48.8. The molecule has 8 aromatic rings. The van der Waals surface area contributed by atoms with Crippen molar-refractivity contribution in [1.82, 2.24) is 0 Å². The van der Waals surface area contributed by atoms with Crippen LogP contribution in [0.4, 0.5) is 45.5 Å². The predicted octanol–water partition coefficient (Wildman–Crippen LogP) is 18.2. The molecule has 6 aliphatic rings. The Kier molecular flexibility index (Phi) is 10.0. The Labute approximate surface area is 458 Å². The molecule has 14 rings (SSSR count). The maximum absolute atomic E-state index is 2.90. The molecule has 0 N–H and O–H groups in total. The van der Waals surface area contributed by atoms with Gasteiger partial charge in [-0.3, -0.25) is 0 Å². The van der Waals surface area contributed by atoms with Gasteiger partial charge in [-0.1, -0.05) is 144 Å². The second kappa shape index (κ2) is 15.7. The number of benzene rings is 7. The molecule has 1 saturated carbocycles. The number of rotatable bonds is 4. The molecule has 0 amide bonds. The second-order valence-corrected chi connectivity index (χ2v) is 29.8. The van der Waals surface area contributed by atoms with Gasteiger partial charge in [0.15, 0.2) is 0 Å². The van der Waals surface area contributed by atoms with Crippen LogP contribution < -0.4 is 31.1 Å². The summed E-state index contributed by atoms with van der Waals surface area (Å²) in [7, 11) is 0. The van der Waals surface area contributed by atoms with Crippen LogP contribution in [0.25, 0.3) is 20.2 Å². The summed E-state index contributed by atoms with van der Waals surface area (Å²) < 4.78 is 2.67. The van der Waals surface area contributed by atoms with Crippen molar-refractivity contribution in [2.45, 2.75) is 186 Å². The SMILES string of the molecule is Cc1cc2c3c(c1)N1c4c(cc(C(C)(C)C)cc4C4(C)CCCCC14C)B3c1ccc(N(c3ccc4c(c3)C(C)(C)CCC4(C)C)c3ccc4c(c3)C(C)(C)CCC4(C)C)cc1N2c1ccc2sc3ccccc3c2c1. The van der Waals surface area contributed by atoms with Gasteiger partial charge in [0.05, 0.1) is 5.54 Å². The number of nitrogens with zero attached hydrogens (tertiary/aromatic N) is 3. The largest absolute Gasteiger partial charge is 0.335 e. The summed E-state index contributed by atoms with van der Waals surface area (Å²) >= 11 is 1.91. The number of thiophene rings is 1. The first kappa shape index (κ1) is 48.6. The average Bonchev–Trinajstić information content (AvgIpc) is 3.87. The Morgan fingerprint density at radius 1 is 0.500 bits per heavy atom. The van der Waals surface area contributed by atoms with E-state index in [1.54, 1.807) is 5.56 Å². The molecule has 1 fully saturated rings. The lowest BCUT2D eigenvalue weighted by Crippen LogP contribution is -2.64. The summed E-state index contributed by atoms with van der Waals surface area (Å²) in [5, 5.41) is 2.66. The lowest BCUT2D eigenvalue weighted by molar-refractivity contribution is 0.195. The van der Waals surface area contributed by atoms with Crippen LogP contribution in [0, 0.1) is 6.92 Å². The highest BCUT2D eigenvalue weighted by molar-refractivity contribution is 7.25. The zero-order chi connectivity index (χ0) is 53.0. The van der Waals surface area contributed by atoms with E-state index in [9.17, 15) is 0 Å². The highest BCUT2D eigenvalue weighted by Crippen LogP contribution is 2.63. The normalized spacial score (nSPS) is 22.9. The van der Waals surface area contributed by atoms with Gasteiger partial charge in [-0.25, -0.2) is 0 Å². The summed E-state index contributed by atoms with van der Waals surface area (Å²) in [6.07, 6.45) is 9.68. The monoisotopic (exact) mass is 1020 g/mol. The summed E-state index contributed by atoms with van der Waals surface area (Å²) in [5.41, 5.74) is 25.3. The van der Waals surface area contributed by atoms with Gasteiger partial charge in [-0.05, 0) is 208 Å². The van der Waals surface area contributed by atoms with Crippen LogP contribution in [0.1, 0.15) is 180 Å². The molecule has 0 saturated heterocycles. The topological polar surface area (TPSA) is 9.72 Å². The van der Waals surface area contributed by atoms with Crippen molar-refractivity contribution in [3.63, 3.8) is 0 Å². The molecular formula is C71H78BN3S. The lowest BCUT2D eigenvalue weighted by Gasteiger charge is -2.53. The number of hydrogen-bond donors (Lipinski definition) is 0. The van der Waals surface area contributed by atoms with E-state index < -0.39 is 0 Å².